The van der Waals surface area contributed by atoms with E-state index in [0.717, 1.165) is 4.90 Å². The summed E-state index contributed by atoms with van der Waals surface area (Å²) in [6.45, 7) is -0.270. The number of carbonyl (C=O) groups is 3. The molecule has 1 rings (SSSR count). The molecule has 12 heavy (non-hydrogen) atoms. The van der Waals surface area contributed by atoms with Crippen LogP contribution in [0.15, 0.2) is 0 Å². The molecule has 1 aliphatic rings. The molecule has 3 amide bonds. The fourth-order valence-corrected chi connectivity index (χ4v) is 0.988. The van der Waals surface area contributed by atoms with Gasteiger partial charge in [-0.1, -0.05) is 0 Å². The Hall–Kier alpha value is -1.43. The molecule has 1 saturated heterocycles. The van der Waals surface area contributed by atoms with Crippen molar-refractivity contribution in [2.75, 3.05) is 6.54 Å². The smallest absolute Gasteiger partial charge is 0.254 e. The molecule has 0 radical (unpaired) electrons. The third kappa shape index (κ3) is 1.59. The molecule has 0 spiro atoms. The van der Waals surface area contributed by atoms with E-state index in [0.29, 0.717) is 0 Å². The third-order valence-corrected chi connectivity index (χ3v) is 1.62. The topological polar surface area (TPSA) is 92.5 Å². The minimum Gasteiger partial charge on any atom is -0.293 e. The number of hydrazine groups is 1. The zero-order chi connectivity index (χ0) is 9.14. The molecule has 6 heteroatoms. The van der Waals surface area contributed by atoms with Crippen molar-refractivity contribution in [1.82, 2.24) is 10.3 Å². The van der Waals surface area contributed by atoms with Gasteiger partial charge in [-0.3, -0.25) is 24.7 Å². The van der Waals surface area contributed by atoms with E-state index in [1.165, 1.54) is 0 Å². The van der Waals surface area contributed by atoms with Gasteiger partial charge in [-0.05, 0) is 0 Å². The molecular weight excluding hydrogens is 162 g/mol. The van der Waals surface area contributed by atoms with Gasteiger partial charge in [-0.2, -0.15) is 0 Å². The van der Waals surface area contributed by atoms with Gasteiger partial charge < -0.3 is 0 Å². The average molecular weight is 171 g/mol. The second-order valence-electron chi connectivity index (χ2n) is 2.44. The van der Waals surface area contributed by atoms with E-state index in [1.807, 2.05) is 5.43 Å². The zero-order valence-electron chi connectivity index (χ0n) is 6.37. The van der Waals surface area contributed by atoms with Crippen LogP contribution in [0, 0.1) is 0 Å². The van der Waals surface area contributed by atoms with Crippen LogP contribution in [0.3, 0.4) is 0 Å². The molecule has 0 unspecified atom stereocenters. The van der Waals surface area contributed by atoms with Crippen LogP contribution in [0.2, 0.25) is 0 Å². The molecule has 0 saturated carbocycles. The van der Waals surface area contributed by atoms with Gasteiger partial charge in [0.2, 0.25) is 11.8 Å². The molecule has 0 bridgehead atoms. The summed E-state index contributed by atoms with van der Waals surface area (Å²) in [4.78, 5) is 33.4. The molecule has 3 N–H and O–H groups in total. The number of likely N-dealkylation sites (tertiary alicyclic amines) is 1. The quantitative estimate of drug-likeness (QED) is 0.220. The molecule has 1 aliphatic heterocycles. The maximum absolute atomic E-state index is 10.9. The number of rotatable bonds is 2. The normalized spacial score (nSPS) is 16.9. The molecule has 0 aromatic heterocycles. The van der Waals surface area contributed by atoms with Gasteiger partial charge in [-0.25, -0.2) is 5.84 Å². The van der Waals surface area contributed by atoms with E-state index >= 15 is 0 Å². The molecule has 66 valence electrons. The Morgan fingerprint density at radius 1 is 1.42 bits per heavy atom. The van der Waals surface area contributed by atoms with Crippen molar-refractivity contribution in [2.24, 2.45) is 5.84 Å². The Labute approximate surface area is 68.7 Å². The predicted molar refractivity (Wildman–Crippen MR) is 38.3 cm³/mol. The number of nitrogens with one attached hydrogen (secondary N) is 1. The van der Waals surface area contributed by atoms with Crippen molar-refractivity contribution in [3.63, 3.8) is 0 Å². The Balaban J connectivity index is 2.56. The van der Waals surface area contributed by atoms with E-state index in [1.54, 1.807) is 0 Å². The summed E-state index contributed by atoms with van der Waals surface area (Å²) in [6.07, 6.45) is 0.382. The number of amides is 3. The van der Waals surface area contributed by atoms with Gasteiger partial charge in [0.05, 0.1) is 0 Å². The largest absolute Gasteiger partial charge is 0.293 e. The Bertz CT molecular complexity index is 222. The highest BCUT2D eigenvalue weighted by molar-refractivity contribution is 6.04. The number of imide groups is 1. The summed E-state index contributed by atoms with van der Waals surface area (Å²) in [5, 5.41) is 0. The second kappa shape index (κ2) is 3.31. The molecule has 1 fully saturated rings. The lowest BCUT2D eigenvalue weighted by Crippen LogP contribution is -2.42. The number of nitrogens with two attached hydrogens (primary N) is 1. The Morgan fingerprint density at radius 3 is 2.33 bits per heavy atom. The number of hydrogen-bond acceptors (Lipinski definition) is 4. The second-order valence-corrected chi connectivity index (χ2v) is 2.44. The Morgan fingerprint density at radius 2 is 1.92 bits per heavy atom. The van der Waals surface area contributed by atoms with Crippen LogP contribution in [0.4, 0.5) is 0 Å². The van der Waals surface area contributed by atoms with Crippen molar-refractivity contribution in [3.8, 4) is 0 Å². The van der Waals surface area contributed by atoms with Crippen LogP contribution >= 0.6 is 0 Å². The molecule has 0 atom stereocenters. The van der Waals surface area contributed by atoms with E-state index in [9.17, 15) is 14.4 Å². The summed E-state index contributed by atoms with van der Waals surface area (Å²) < 4.78 is 0. The summed E-state index contributed by atoms with van der Waals surface area (Å²) in [5.41, 5.74) is 1.85. The summed E-state index contributed by atoms with van der Waals surface area (Å²) >= 11 is 0. The van der Waals surface area contributed by atoms with Gasteiger partial charge in [0, 0.05) is 12.8 Å². The minimum atomic E-state index is -0.543. The van der Waals surface area contributed by atoms with Gasteiger partial charge in [0.15, 0.2) is 0 Å². The van der Waals surface area contributed by atoms with Crippen molar-refractivity contribution in [3.05, 3.63) is 0 Å². The van der Waals surface area contributed by atoms with Crippen LogP contribution in [-0.4, -0.2) is 29.2 Å². The van der Waals surface area contributed by atoms with Gasteiger partial charge in [0.25, 0.3) is 5.91 Å². The van der Waals surface area contributed by atoms with Crippen LogP contribution in [0.25, 0.3) is 0 Å². The first kappa shape index (κ1) is 8.66. The van der Waals surface area contributed by atoms with Crippen molar-refractivity contribution < 1.29 is 14.4 Å². The first-order valence-electron chi connectivity index (χ1n) is 3.48. The fraction of sp³-hybridized carbons (Fsp3) is 0.500. The summed E-state index contributed by atoms with van der Waals surface area (Å²) in [6, 6.07) is 0. The van der Waals surface area contributed by atoms with Crippen molar-refractivity contribution >= 4 is 17.7 Å². The first-order chi connectivity index (χ1) is 5.65. The molecule has 0 aromatic carbocycles. The standard InChI is InChI=1S/C6H9N3O3/c7-8-4(10)3-9-5(11)1-2-6(9)12/h1-3,7H2,(H,8,10). The van der Waals surface area contributed by atoms with E-state index in [2.05, 4.69) is 0 Å². The highest BCUT2D eigenvalue weighted by Crippen LogP contribution is 2.10. The highest BCUT2D eigenvalue weighted by atomic mass is 16.2. The SMILES string of the molecule is NNC(=O)CN1C(=O)CCC1=O. The molecule has 6 nitrogen and oxygen atoms in total. The minimum absolute atomic E-state index is 0.191. The van der Waals surface area contributed by atoms with Crippen molar-refractivity contribution in [1.29, 1.82) is 0 Å². The first-order valence-corrected chi connectivity index (χ1v) is 3.48. The lowest BCUT2D eigenvalue weighted by Gasteiger charge is -2.11. The molecule has 0 aliphatic carbocycles. The van der Waals surface area contributed by atoms with E-state index < -0.39 is 5.91 Å². The van der Waals surface area contributed by atoms with Gasteiger partial charge >= 0.3 is 0 Å². The zero-order valence-corrected chi connectivity index (χ0v) is 6.37. The summed E-state index contributed by atoms with van der Waals surface area (Å²) in [7, 11) is 0. The lowest BCUT2D eigenvalue weighted by molar-refractivity contribution is -0.142. The summed E-state index contributed by atoms with van der Waals surface area (Å²) in [5.74, 6) is 3.62. The van der Waals surface area contributed by atoms with Gasteiger partial charge in [0.1, 0.15) is 6.54 Å². The number of hydrogen-bond donors (Lipinski definition) is 2. The Kier molecular flexibility index (Phi) is 2.39. The van der Waals surface area contributed by atoms with Crippen LogP contribution in [-0.2, 0) is 14.4 Å². The maximum atomic E-state index is 10.9. The molecule has 0 aromatic rings. The van der Waals surface area contributed by atoms with Crippen LogP contribution in [0.1, 0.15) is 12.8 Å². The molecular formula is C6H9N3O3. The third-order valence-electron chi connectivity index (χ3n) is 1.62. The monoisotopic (exact) mass is 171 g/mol. The lowest BCUT2D eigenvalue weighted by atomic mass is 10.4. The number of nitrogens with zero attached hydrogens (tertiary/aromatic N) is 1. The van der Waals surface area contributed by atoms with Crippen LogP contribution in [0.5, 0.6) is 0 Å². The number of carbonyl (C=O) groups excluding carboxylic acids is 3. The van der Waals surface area contributed by atoms with Crippen LogP contribution < -0.4 is 11.3 Å². The van der Waals surface area contributed by atoms with E-state index in [4.69, 9.17) is 5.84 Å². The van der Waals surface area contributed by atoms with Crippen molar-refractivity contribution in [2.45, 2.75) is 12.8 Å². The highest BCUT2D eigenvalue weighted by Gasteiger charge is 2.29. The fourth-order valence-electron chi connectivity index (χ4n) is 0.988. The predicted octanol–water partition coefficient (Wildman–Crippen LogP) is -1.87. The van der Waals surface area contributed by atoms with E-state index in [-0.39, 0.29) is 31.2 Å². The van der Waals surface area contributed by atoms with Gasteiger partial charge in [-0.15, -0.1) is 0 Å². The average Bonchev–Trinajstić information content (AvgIpc) is 2.35. The maximum Gasteiger partial charge on any atom is 0.254 e. The molecule has 1 heterocycles.